The van der Waals surface area contributed by atoms with E-state index in [2.05, 4.69) is 15.5 Å². The van der Waals surface area contributed by atoms with Crippen LogP contribution in [0.3, 0.4) is 0 Å². The van der Waals surface area contributed by atoms with Crippen LogP contribution in [-0.2, 0) is 34.3 Å². The number of thioether (sulfide) groups is 1. The molecule has 0 fully saturated rings. The second kappa shape index (κ2) is 11.5. The third kappa shape index (κ3) is 6.21. The summed E-state index contributed by atoms with van der Waals surface area (Å²) in [5.74, 6) is 0.433. The first-order chi connectivity index (χ1) is 15.5. The van der Waals surface area contributed by atoms with Crippen molar-refractivity contribution in [2.45, 2.75) is 25.0 Å². The van der Waals surface area contributed by atoms with E-state index in [0.717, 1.165) is 11.5 Å². The van der Waals surface area contributed by atoms with Crippen LogP contribution < -0.4 is 5.32 Å². The summed E-state index contributed by atoms with van der Waals surface area (Å²) < 4.78 is 14.2. The number of methoxy groups -OCH3 is 1. The molecular weight excluding hydrogens is 430 g/mol. The zero-order valence-corrected chi connectivity index (χ0v) is 19.2. The van der Waals surface area contributed by atoms with Gasteiger partial charge in [0.2, 0.25) is 5.91 Å². The molecule has 0 aliphatic rings. The number of nitrogens with one attached hydrogen (secondary N) is 1. The highest BCUT2D eigenvalue weighted by molar-refractivity contribution is 7.99. The largest absolute Gasteiger partial charge is 0.462 e. The molecular formula is C22H27N5O4S. The van der Waals surface area contributed by atoms with E-state index in [1.165, 1.54) is 11.8 Å². The van der Waals surface area contributed by atoms with Crippen LogP contribution >= 0.6 is 11.8 Å². The van der Waals surface area contributed by atoms with Gasteiger partial charge in [-0.15, -0.1) is 10.2 Å². The fourth-order valence-corrected chi connectivity index (χ4v) is 3.82. The van der Waals surface area contributed by atoms with Crippen molar-refractivity contribution in [3.63, 3.8) is 0 Å². The Balaban J connectivity index is 1.61. The Hall–Kier alpha value is -3.11. The van der Waals surface area contributed by atoms with Crippen LogP contribution in [0.4, 0.5) is 5.69 Å². The standard InChI is InChI=1S/C22H27N5O4S/c1-4-31-21(29)16-7-9-17(10-8-16)23-20(28)15-32-22-25-24-19(27(22)12-13-30-3)14-18-6-5-11-26(18)2/h5-11H,4,12-15H2,1-3H3,(H,23,28). The highest BCUT2D eigenvalue weighted by Gasteiger charge is 2.16. The maximum atomic E-state index is 12.4. The Bertz CT molecular complexity index is 1050. The third-order valence-electron chi connectivity index (χ3n) is 4.72. The van der Waals surface area contributed by atoms with Gasteiger partial charge in [0.1, 0.15) is 5.82 Å². The molecule has 0 radical (unpaired) electrons. The van der Waals surface area contributed by atoms with Gasteiger partial charge in [-0.2, -0.15) is 0 Å². The maximum absolute atomic E-state index is 12.4. The van der Waals surface area contributed by atoms with Gasteiger partial charge >= 0.3 is 5.97 Å². The second-order valence-electron chi connectivity index (χ2n) is 6.97. The number of benzene rings is 1. The van der Waals surface area contributed by atoms with Crippen LogP contribution in [0.15, 0.2) is 47.8 Å². The highest BCUT2D eigenvalue weighted by atomic mass is 32.2. The number of aromatic nitrogens is 4. The number of carbonyl (C=O) groups excluding carboxylic acids is 2. The quantitative estimate of drug-likeness (QED) is 0.349. The molecule has 0 saturated carbocycles. The Kier molecular flexibility index (Phi) is 8.46. The number of hydrogen-bond acceptors (Lipinski definition) is 7. The molecule has 9 nitrogen and oxygen atoms in total. The summed E-state index contributed by atoms with van der Waals surface area (Å²) in [7, 11) is 3.64. The fourth-order valence-electron chi connectivity index (χ4n) is 3.04. The van der Waals surface area contributed by atoms with Gasteiger partial charge in [-0.05, 0) is 43.3 Å². The Morgan fingerprint density at radius 2 is 1.94 bits per heavy atom. The van der Waals surface area contributed by atoms with Gasteiger partial charge in [-0.3, -0.25) is 4.79 Å². The molecule has 0 spiro atoms. The van der Waals surface area contributed by atoms with Gasteiger partial charge in [0.05, 0.1) is 24.5 Å². The summed E-state index contributed by atoms with van der Waals surface area (Å²) in [5, 5.41) is 12.1. The molecule has 32 heavy (non-hydrogen) atoms. The number of anilines is 1. The third-order valence-corrected chi connectivity index (χ3v) is 5.68. The normalized spacial score (nSPS) is 10.8. The molecule has 10 heteroatoms. The predicted octanol–water partition coefficient (Wildman–Crippen LogP) is 2.76. The topological polar surface area (TPSA) is 100 Å². The van der Waals surface area contributed by atoms with E-state index >= 15 is 0 Å². The van der Waals surface area contributed by atoms with Crippen molar-refractivity contribution in [3.05, 3.63) is 59.7 Å². The molecule has 0 aliphatic carbocycles. The molecule has 3 aromatic rings. The Labute approximate surface area is 191 Å². The first kappa shape index (κ1) is 23.6. The van der Waals surface area contributed by atoms with Crippen molar-refractivity contribution in [3.8, 4) is 0 Å². The Morgan fingerprint density at radius 3 is 2.59 bits per heavy atom. The van der Waals surface area contributed by atoms with E-state index in [1.54, 1.807) is 38.3 Å². The maximum Gasteiger partial charge on any atom is 0.338 e. The number of ether oxygens (including phenoxy) is 2. The zero-order chi connectivity index (χ0) is 22.9. The van der Waals surface area contributed by atoms with Crippen LogP contribution in [0.2, 0.25) is 0 Å². The molecule has 1 amide bonds. The van der Waals surface area contributed by atoms with E-state index in [9.17, 15) is 9.59 Å². The average molecular weight is 458 g/mol. The number of aryl methyl sites for hydroxylation is 1. The van der Waals surface area contributed by atoms with E-state index < -0.39 is 0 Å². The summed E-state index contributed by atoms with van der Waals surface area (Å²) in [4.78, 5) is 24.2. The fraction of sp³-hybridized carbons (Fsp3) is 0.364. The molecule has 0 saturated heterocycles. The lowest BCUT2D eigenvalue weighted by Gasteiger charge is -2.10. The van der Waals surface area contributed by atoms with Crippen LogP contribution in [-0.4, -0.2) is 57.3 Å². The lowest BCUT2D eigenvalue weighted by Crippen LogP contribution is -2.16. The van der Waals surface area contributed by atoms with Crippen molar-refractivity contribution in [2.75, 3.05) is 31.4 Å². The van der Waals surface area contributed by atoms with Gasteiger partial charge < -0.3 is 23.9 Å². The van der Waals surface area contributed by atoms with Crippen molar-refractivity contribution >= 4 is 29.3 Å². The predicted molar refractivity (Wildman–Crippen MR) is 122 cm³/mol. The molecule has 1 aromatic carbocycles. The van der Waals surface area contributed by atoms with Gasteiger partial charge in [0.15, 0.2) is 5.16 Å². The molecule has 2 aromatic heterocycles. The molecule has 3 rings (SSSR count). The van der Waals surface area contributed by atoms with Crippen molar-refractivity contribution in [1.82, 2.24) is 19.3 Å². The van der Waals surface area contributed by atoms with E-state index in [0.29, 0.717) is 42.6 Å². The lowest BCUT2D eigenvalue weighted by atomic mass is 10.2. The summed E-state index contributed by atoms with van der Waals surface area (Å²) in [5.41, 5.74) is 2.17. The average Bonchev–Trinajstić information content (AvgIpc) is 3.37. The summed E-state index contributed by atoms with van der Waals surface area (Å²) >= 11 is 1.32. The zero-order valence-electron chi connectivity index (χ0n) is 18.4. The van der Waals surface area contributed by atoms with Crippen molar-refractivity contribution in [2.24, 2.45) is 7.05 Å². The molecule has 170 valence electrons. The molecule has 2 heterocycles. The number of rotatable bonds is 11. The van der Waals surface area contributed by atoms with Gasteiger partial charge in [0.25, 0.3) is 0 Å². The van der Waals surface area contributed by atoms with Crippen LogP contribution in [0.25, 0.3) is 0 Å². The minimum absolute atomic E-state index is 0.175. The molecule has 0 aliphatic heterocycles. The van der Waals surface area contributed by atoms with Gasteiger partial charge in [-0.1, -0.05) is 11.8 Å². The number of esters is 1. The first-order valence-electron chi connectivity index (χ1n) is 10.2. The lowest BCUT2D eigenvalue weighted by molar-refractivity contribution is -0.113. The number of carbonyl (C=O) groups is 2. The number of hydrogen-bond donors (Lipinski definition) is 1. The van der Waals surface area contributed by atoms with Crippen LogP contribution in [0.1, 0.15) is 28.8 Å². The number of amides is 1. The summed E-state index contributed by atoms with van der Waals surface area (Å²) in [6.45, 7) is 3.19. The van der Waals surface area contributed by atoms with E-state index in [4.69, 9.17) is 9.47 Å². The number of nitrogens with zero attached hydrogens (tertiary/aromatic N) is 4. The summed E-state index contributed by atoms with van der Waals surface area (Å²) in [6, 6.07) is 10.6. The van der Waals surface area contributed by atoms with Crippen LogP contribution in [0, 0.1) is 0 Å². The van der Waals surface area contributed by atoms with Crippen molar-refractivity contribution in [1.29, 1.82) is 0 Å². The molecule has 0 unspecified atom stereocenters. The second-order valence-corrected chi connectivity index (χ2v) is 7.91. The molecule has 0 atom stereocenters. The van der Waals surface area contributed by atoms with E-state index in [1.807, 2.05) is 34.5 Å². The SMILES string of the molecule is CCOC(=O)c1ccc(NC(=O)CSc2nnc(Cc3cccn3C)n2CCOC)cc1. The molecule has 1 N–H and O–H groups in total. The van der Waals surface area contributed by atoms with Gasteiger partial charge in [-0.25, -0.2) is 4.79 Å². The summed E-state index contributed by atoms with van der Waals surface area (Å²) in [6.07, 6.45) is 2.63. The highest BCUT2D eigenvalue weighted by Crippen LogP contribution is 2.20. The minimum atomic E-state index is -0.387. The first-order valence-corrected chi connectivity index (χ1v) is 11.2. The molecule has 0 bridgehead atoms. The smallest absolute Gasteiger partial charge is 0.338 e. The van der Waals surface area contributed by atoms with Gasteiger partial charge in [0, 0.05) is 44.7 Å². The monoisotopic (exact) mass is 457 g/mol. The van der Waals surface area contributed by atoms with Crippen LogP contribution in [0.5, 0.6) is 0 Å². The minimum Gasteiger partial charge on any atom is -0.462 e. The Morgan fingerprint density at radius 1 is 1.16 bits per heavy atom. The van der Waals surface area contributed by atoms with Crippen molar-refractivity contribution < 1.29 is 19.1 Å². The van der Waals surface area contributed by atoms with E-state index in [-0.39, 0.29) is 17.6 Å².